The summed E-state index contributed by atoms with van der Waals surface area (Å²) in [7, 11) is 3.23. The smallest absolute Gasteiger partial charge is 0.162 e. The topological polar surface area (TPSA) is 68.3 Å². The Labute approximate surface area is 159 Å². The van der Waals surface area contributed by atoms with Gasteiger partial charge in [-0.3, -0.25) is 0 Å². The lowest BCUT2D eigenvalue weighted by molar-refractivity contribution is 0.355. The Balaban J connectivity index is 1.86. The van der Waals surface area contributed by atoms with Crippen molar-refractivity contribution in [3.8, 4) is 11.5 Å². The molecule has 6 nitrogen and oxygen atoms in total. The molecule has 0 atom stereocenters. The van der Waals surface area contributed by atoms with Gasteiger partial charge in [-0.15, -0.1) is 0 Å². The van der Waals surface area contributed by atoms with E-state index in [2.05, 4.69) is 40.5 Å². The molecular weight excluding hydrogens is 340 g/mol. The Morgan fingerprint density at radius 1 is 0.778 bits per heavy atom. The Morgan fingerprint density at radius 2 is 1.48 bits per heavy atom. The summed E-state index contributed by atoms with van der Waals surface area (Å²) in [6, 6.07) is 13.7. The molecule has 0 radical (unpaired) electrons. The quantitative estimate of drug-likeness (QED) is 0.648. The molecule has 2 aromatic carbocycles. The van der Waals surface area contributed by atoms with Gasteiger partial charge < -0.3 is 20.1 Å². The van der Waals surface area contributed by atoms with Gasteiger partial charge in [-0.25, -0.2) is 9.97 Å². The predicted molar refractivity (Wildman–Crippen MR) is 109 cm³/mol. The first-order chi connectivity index (χ1) is 13.0. The zero-order valence-electron chi connectivity index (χ0n) is 16.3. The molecule has 140 valence electrons. The molecule has 0 unspecified atom stereocenters. The molecule has 0 aliphatic rings. The third-order valence-electron chi connectivity index (χ3n) is 4.36. The van der Waals surface area contributed by atoms with Gasteiger partial charge in [0.05, 0.1) is 14.2 Å². The van der Waals surface area contributed by atoms with Crippen LogP contribution in [0.5, 0.6) is 11.5 Å². The molecule has 0 bridgehead atoms. The van der Waals surface area contributed by atoms with E-state index in [4.69, 9.17) is 9.47 Å². The molecule has 0 aliphatic heterocycles. The number of hydrogen-bond acceptors (Lipinski definition) is 6. The Bertz CT molecular complexity index is 957. The van der Waals surface area contributed by atoms with Crippen molar-refractivity contribution in [2.24, 2.45) is 0 Å². The maximum absolute atomic E-state index is 5.36. The van der Waals surface area contributed by atoms with Gasteiger partial charge in [-0.1, -0.05) is 12.1 Å². The highest BCUT2D eigenvalue weighted by atomic mass is 16.5. The SMILES string of the molecule is COc1ccc(Nc2cc(Nc3cccc(C)c3C)nc(C)n2)cc1OC. The number of hydrogen-bond donors (Lipinski definition) is 2. The first kappa shape index (κ1) is 18.5. The lowest BCUT2D eigenvalue weighted by Crippen LogP contribution is -2.03. The van der Waals surface area contributed by atoms with Crippen molar-refractivity contribution in [3.63, 3.8) is 0 Å². The number of rotatable bonds is 6. The lowest BCUT2D eigenvalue weighted by Gasteiger charge is -2.14. The van der Waals surface area contributed by atoms with E-state index in [0.29, 0.717) is 23.1 Å². The number of nitrogens with one attached hydrogen (secondary N) is 2. The largest absolute Gasteiger partial charge is 0.493 e. The van der Waals surface area contributed by atoms with Crippen molar-refractivity contribution >= 4 is 23.0 Å². The Morgan fingerprint density at radius 3 is 2.19 bits per heavy atom. The van der Waals surface area contributed by atoms with E-state index in [1.54, 1.807) is 14.2 Å². The average molecular weight is 364 g/mol. The van der Waals surface area contributed by atoms with Crippen molar-refractivity contribution in [1.29, 1.82) is 0 Å². The maximum atomic E-state index is 5.36. The van der Waals surface area contributed by atoms with E-state index in [-0.39, 0.29) is 0 Å². The molecule has 2 N–H and O–H groups in total. The van der Waals surface area contributed by atoms with Crippen molar-refractivity contribution in [3.05, 3.63) is 59.4 Å². The van der Waals surface area contributed by atoms with Crippen LogP contribution in [0.3, 0.4) is 0 Å². The molecule has 1 heterocycles. The van der Waals surface area contributed by atoms with Gasteiger partial charge in [-0.05, 0) is 50.1 Å². The van der Waals surface area contributed by atoms with Gasteiger partial charge in [0, 0.05) is 23.5 Å². The van der Waals surface area contributed by atoms with Crippen LogP contribution in [-0.2, 0) is 0 Å². The molecule has 0 fully saturated rings. The molecule has 0 aliphatic carbocycles. The molecule has 6 heteroatoms. The highest BCUT2D eigenvalue weighted by Gasteiger charge is 2.08. The number of ether oxygens (including phenoxy) is 2. The summed E-state index contributed by atoms with van der Waals surface area (Å²) < 4.78 is 10.6. The second-order valence-electron chi connectivity index (χ2n) is 6.25. The molecule has 0 amide bonds. The third-order valence-corrected chi connectivity index (χ3v) is 4.36. The maximum Gasteiger partial charge on any atom is 0.162 e. The molecule has 1 aromatic heterocycles. The van der Waals surface area contributed by atoms with Crippen LogP contribution >= 0.6 is 0 Å². The minimum atomic E-state index is 0.655. The van der Waals surface area contributed by atoms with Crippen molar-refractivity contribution in [2.45, 2.75) is 20.8 Å². The van der Waals surface area contributed by atoms with E-state index in [9.17, 15) is 0 Å². The van der Waals surface area contributed by atoms with E-state index >= 15 is 0 Å². The van der Waals surface area contributed by atoms with Crippen LogP contribution in [0.25, 0.3) is 0 Å². The van der Waals surface area contributed by atoms with Gasteiger partial charge in [-0.2, -0.15) is 0 Å². The van der Waals surface area contributed by atoms with Gasteiger partial charge in [0.25, 0.3) is 0 Å². The number of aromatic nitrogens is 2. The minimum Gasteiger partial charge on any atom is -0.493 e. The van der Waals surface area contributed by atoms with E-state index in [1.165, 1.54) is 11.1 Å². The fraction of sp³-hybridized carbons (Fsp3) is 0.238. The van der Waals surface area contributed by atoms with Crippen molar-refractivity contribution < 1.29 is 9.47 Å². The van der Waals surface area contributed by atoms with E-state index in [0.717, 1.165) is 17.2 Å². The zero-order valence-corrected chi connectivity index (χ0v) is 16.3. The number of benzene rings is 2. The van der Waals surface area contributed by atoms with Gasteiger partial charge in [0.15, 0.2) is 11.5 Å². The van der Waals surface area contributed by atoms with Crippen LogP contribution < -0.4 is 20.1 Å². The number of anilines is 4. The highest BCUT2D eigenvalue weighted by Crippen LogP contribution is 2.31. The van der Waals surface area contributed by atoms with Crippen LogP contribution in [0.4, 0.5) is 23.0 Å². The summed E-state index contributed by atoms with van der Waals surface area (Å²) in [6.45, 7) is 6.05. The normalized spacial score (nSPS) is 10.4. The first-order valence-corrected chi connectivity index (χ1v) is 8.68. The second kappa shape index (κ2) is 7.95. The standard InChI is InChI=1S/C21H24N4O2/c1-13-7-6-8-17(14(13)2)25-21-12-20(22-15(3)23-21)24-16-9-10-18(26-4)19(11-16)27-5/h6-12H,1-5H3,(H2,22,23,24,25). The molecular formula is C21H24N4O2. The summed E-state index contributed by atoms with van der Waals surface area (Å²) >= 11 is 0. The summed E-state index contributed by atoms with van der Waals surface area (Å²) in [5, 5.41) is 6.68. The van der Waals surface area contributed by atoms with Crippen molar-refractivity contribution in [1.82, 2.24) is 9.97 Å². The number of aryl methyl sites for hydroxylation is 2. The van der Waals surface area contributed by atoms with E-state index < -0.39 is 0 Å². The lowest BCUT2D eigenvalue weighted by atomic mass is 10.1. The molecule has 3 aromatic rings. The number of nitrogens with zero attached hydrogens (tertiary/aromatic N) is 2. The molecule has 0 spiro atoms. The van der Waals surface area contributed by atoms with Gasteiger partial charge in [0.2, 0.25) is 0 Å². The van der Waals surface area contributed by atoms with Crippen LogP contribution in [0.15, 0.2) is 42.5 Å². The molecule has 3 rings (SSSR count). The first-order valence-electron chi connectivity index (χ1n) is 8.68. The Hall–Kier alpha value is -3.28. The second-order valence-corrected chi connectivity index (χ2v) is 6.25. The molecule has 0 saturated heterocycles. The predicted octanol–water partition coefficient (Wildman–Crippen LogP) is 4.91. The third kappa shape index (κ3) is 4.28. The van der Waals surface area contributed by atoms with Crippen molar-refractivity contribution in [2.75, 3.05) is 24.9 Å². The highest BCUT2D eigenvalue weighted by molar-refractivity contribution is 5.67. The van der Waals surface area contributed by atoms with Gasteiger partial charge >= 0.3 is 0 Å². The Kier molecular flexibility index (Phi) is 5.45. The minimum absolute atomic E-state index is 0.655. The fourth-order valence-corrected chi connectivity index (χ4v) is 2.78. The zero-order chi connectivity index (χ0) is 19.4. The summed E-state index contributed by atoms with van der Waals surface area (Å²) in [4.78, 5) is 8.97. The van der Waals surface area contributed by atoms with Crippen LogP contribution in [0.1, 0.15) is 17.0 Å². The average Bonchev–Trinajstić information content (AvgIpc) is 2.65. The van der Waals surface area contributed by atoms with Gasteiger partial charge in [0.1, 0.15) is 17.5 Å². The van der Waals surface area contributed by atoms with Crippen LogP contribution in [0.2, 0.25) is 0 Å². The van der Waals surface area contributed by atoms with E-state index in [1.807, 2.05) is 43.3 Å². The summed E-state index contributed by atoms with van der Waals surface area (Å²) in [6.07, 6.45) is 0. The molecule has 27 heavy (non-hydrogen) atoms. The monoisotopic (exact) mass is 364 g/mol. The number of methoxy groups -OCH3 is 2. The summed E-state index contributed by atoms with van der Waals surface area (Å²) in [5.74, 6) is 3.44. The fourth-order valence-electron chi connectivity index (χ4n) is 2.78. The van der Waals surface area contributed by atoms with Crippen LogP contribution in [-0.4, -0.2) is 24.2 Å². The van der Waals surface area contributed by atoms with Crippen LogP contribution in [0, 0.1) is 20.8 Å². The molecule has 0 saturated carbocycles. The summed E-state index contributed by atoms with van der Waals surface area (Å²) in [5.41, 5.74) is 4.31.